The number of unbranched alkanes of at least 4 members (excludes halogenated alkanes) is 1. The molecule has 3 amide bonds. The topological polar surface area (TPSA) is 92.8 Å². The molecular formula is C21H18F2N2O5. The van der Waals surface area contributed by atoms with Crippen molar-refractivity contribution in [3.63, 3.8) is 0 Å². The van der Waals surface area contributed by atoms with Crippen LogP contribution in [0.15, 0.2) is 36.4 Å². The molecule has 0 aliphatic carbocycles. The number of nitrogens with one attached hydrogen (secondary N) is 1. The second-order valence-electron chi connectivity index (χ2n) is 6.60. The molecule has 1 aliphatic heterocycles. The van der Waals surface area contributed by atoms with Crippen LogP contribution in [0.5, 0.6) is 0 Å². The zero-order chi connectivity index (χ0) is 21.8. The van der Waals surface area contributed by atoms with Crippen LogP contribution in [-0.2, 0) is 9.53 Å². The van der Waals surface area contributed by atoms with E-state index in [4.69, 9.17) is 4.74 Å². The molecule has 1 heterocycles. The lowest BCUT2D eigenvalue weighted by Crippen LogP contribution is -2.30. The van der Waals surface area contributed by atoms with Gasteiger partial charge >= 0.3 is 5.97 Å². The molecule has 0 aromatic heterocycles. The standard InChI is InChI=1S/C21H18F2N2O5/c1-2-3-9-25-19(27)13-8-7-12(10-14(13)20(25)28)21(29)30-11-17(26)24-18-15(22)5-4-6-16(18)23/h4-8,10H,2-3,9,11H2,1H3,(H,24,26). The SMILES string of the molecule is CCCCN1C(=O)c2ccc(C(=O)OCC(=O)Nc3c(F)cccc3F)cc2C1=O. The molecule has 0 saturated heterocycles. The molecule has 30 heavy (non-hydrogen) atoms. The number of benzene rings is 2. The second kappa shape index (κ2) is 8.81. The van der Waals surface area contributed by atoms with Gasteiger partial charge in [0.15, 0.2) is 6.61 Å². The minimum absolute atomic E-state index is 0.0305. The van der Waals surface area contributed by atoms with Crippen LogP contribution in [0.25, 0.3) is 0 Å². The van der Waals surface area contributed by atoms with Crippen molar-refractivity contribution < 1.29 is 32.7 Å². The van der Waals surface area contributed by atoms with Gasteiger partial charge in [0.25, 0.3) is 17.7 Å². The van der Waals surface area contributed by atoms with Crippen molar-refractivity contribution in [1.82, 2.24) is 4.90 Å². The van der Waals surface area contributed by atoms with E-state index in [-0.39, 0.29) is 23.2 Å². The Kier molecular flexibility index (Phi) is 6.20. The van der Waals surface area contributed by atoms with Crippen molar-refractivity contribution in [1.29, 1.82) is 0 Å². The summed E-state index contributed by atoms with van der Waals surface area (Å²) in [5.74, 6) is -4.71. The maximum atomic E-state index is 13.6. The van der Waals surface area contributed by atoms with Gasteiger partial charge in [0.2, 0.25) is 0 Å². The van der Waals surface area contributed by atoms with Gasteiger partial charge < -0.3 is 10.1 Å². The van der Waals surface area contributed by atoms with Crippen LogP contribution in [0.4, 0.5) is 14.5 Å². The van der Waals surface area contributed by atoms with Gasteiger partial charge in [-0.3, -0.25) is 19.3 Å². The molecular weight excluding hydrogens is 398 g/mol. The third kappa shape index (κ3) is 4.19. The van der Waals surface area contributed by atoms with Gasteiger partial charge in [0.05, 0.1) is 16.7 Å². The summed E-state index contributed by atoms with van der Waals surface area (Å²) in [7, 11) is 0. The highest BCUT2D eigenvalue weighted by atomic mass is 19.1. The summed E-state index contributed by atoms with van der Waals surface area (Å²) >= 11 is 0. The highest BCUT2D eigenvalue weighted by molar-refractivity contribution is 6.22. The van der Waals surface area contributed by atoms with E-state index in [1.165, 1.54) is 18.2 Å². The molecule has 1 aliphatic rings. The molecule has 0 bridgehead atoms. The number of rotatable bonds is 7. The number of imide groups is 1. The first-order chi connectivity index (χ1) is 14.3. The highest BCUT2D eigenvalue weighted by Gasteiger charge is 2.35. The normalized spacial score (nSPS) is 12.7. The molecule has 3 rings (SSSR count). The molecule has 2 aromatic rings. The van der Waals surface area contributed by atoms with Crippen molar-refractivity contribution >= 4 is 29.4 Å². The number of hydrogen-bond acceptors (Lipinski definition) is 5. The van der Waals surface area contributed by atoms with Crippen molar-refractivity contribution in [3.05, 3.63) is 64.7 Å². The Morgan fingerprint density at radius 2 is 1.70 bits per heavy atom. The molecule has 7 nitrogen and oxygen atoms in total. The Balaban J connectivity index is 1.65. The van der Waals surface area contributed by atoms with Gasteiger partial charge in [-0.05, 0) is 36.8 Å². The van der Waals surface area contributed by atoms with E-state index >= 15 is 0 Å². The third-order valence-corrected chi connectivity index (χ3v) is 4.50. The van der Waals surface area contributed by atoms with Gasteiger partial charge in [-0.25, -0.2) is 13.6 Å². The summed E-state index contributed by atoms with van der Waals surface area (Å²) in [6.45, 7) is 1.43. The van der Waals surface area contributed by atoms with E-state index in [1.54, 1.807) is 0 Å². The lowest BCUT2D eigenvalue weighted by atomic mass is 10.1. The summed E-state index contributed by atoms with van der Waals surface area (Å²) < 4.78 is 32.0. The average Bonchev–Trinajstić information content (AvgIpc) is 2.97. The van der Waals surface area contributed by atoms with Gasteiger partial charge in [0.1, 0.15) is 17.3 Å². The summed E-state index contributed by atoms with van der Waals surface area (Å²) in [5, 5.41) is 1.99. The highest BCUT2D eigenvalue weighted by Crippen LogP contribution is 2.25. The first kappa shape index (κ1) is 21.1. The van der Waals surface area contributed by atoms with E-state index < -0.39 is 47.6 Å². The van der Waals surface area contributed by atoms with Gasteiger partial charge in [-0.1, -0.05) is 19.4 Å². The van der Waals surface area contributed by atoms with Crippen LogP contribution in [0.1, 0.15) is 50.8 Å². The van der Waals surface area contributed by atoms with E-state index in [9.17, 15) is 28.0 Å². The molecule has 0 spiro atoms. The summed E-state index contributed by atoms with van der Waals surface area (Å²) in [5.41, 5.74) is -0.395. The number of halogens is 2. The zero-order valence-electron chi connectivity index (χ0n) is 16.0. The average molecular weight is 416 g/mol. The molecule has 9 heteroatoms. The fourth-order valence-corrected chi connectivity index (χ4v) is 2.94. The van der Waals surface area contributed by atoms with Gasteiger partial charge in [-0.2, -0.15) is 0 Å². The number of ether oxygens (including phenoxy) is 1. The number of anilines is 1. The minimum Gasteiger partial charge on any atom is -0.452 e. The zero-order valence-corrected chi connectivity index (χ0v) is 16.0. The number of carbonyl (C=O) groups excluding carboxylic acids is 4. The number of carbonyl (C=O) groups is 4. The number of nitrogens with zero attached hydrogens (tertiary/aromatic N) is 1. The number of para-hydroxylation sites is 1. The van der Waals surface area contributed by atoms with Crippen LogP contribution in [0, 0.1) is 11.6 Å². The van der Waals surface area contributed by atoms with Crippen LogP contribution >= 0.6 is 0 Å². The molecule has 0 saturated carbocycles. The van der Waals surface area contributed by atoms with Gasteiger partial charge in [-0.15, -0.1) is 0 Å². The van der Waals surface area contributed by atoms with E-state index in [0.29, 0.717) is 6.42 Å². The number of fused-ring (bicyclic) bond motifs is 1. The predicted octanol–water partition coefficient (Wildman–Crippen LogP) is 3.16. The second-order valence-corrected chi connectivity index (χ2v) is 6.60. The Bertz CT molecular complexity index is 1020. The summed E-state index contributed by atoms with van der Waals surface area (Å²) in [6.07, 6.45) is 1.47. The number of amides is 3. The van der Waals surface area contributed by atoms with E-state index in [0.717, 1.165) is 29.5 Å². The first-order valence-corrected chi connectivity index (χ1v) is 9.24. The molecule has 0 fully saturated rings. The smallest absolute Gasteiger partial charge is 0.338 e. The quantitative estimate of drug-likeness (QED) is 0.553. The van der Waals surface area contributed by atoms with Crippen LogP contribution < -0.4 is 5.32 Å². The lowest BCUT2D eigenvalue weighted by molar-refractivity contribution is -0.119. The third-order valence-electron chi connectivity index (χ3n) is 4.50. The van der Waals surface area contributed by atoms with Crippen molar-refractivity contribution in [2.24, 2.45) is 0 Å². The Hall–Kier alpha value is -3.62. The van der Waals surface area contributed by atoms with Gasteiger partial charge in [0, 0.05) is 6.54 Å². The summed E-state index contributed by atoms with van der Waals surface area (Å²) in [6, 6.07) is 6.98. The maximum Gasteiger partial charge on any atom is 0.338 e. The molecule has 0 unspecified atom stereocenters. The van der Waals surface area contributed by atoms with Crippen molar-refractivity contribution in [2.75, 3.05) is 18.5 Å². The molecule has 156 valence electrons. The molecule has 1 N–H and O–H groups in total. The first-order valence-electron chi connectivity index (χ1n) is 9.24. The predicted molar refractivity (Wildman–Crippen MR) is 102 cm³/mol. The fourth-order valence-electron chi connectivity index (χ4n) is 2.94. The van der Waals surface area contributed by atoms with Crippen molar-refractivity contribution in [3.8, 4) is 0 Å². The molecule has 2 aromatic carbocycles. The largest absolute Gasteiger partial charge is 0.452 e. The fraction of sp³-hybridized carbons (Fsp3) is 0.238. The number of hydrogen-bond donors (Lipinski definition) is 1. The van der Waals surface area contributed by atoms with E-state index in [2.05, 4.69) is 0 Å². The van der Waals surface area contributed by atoms with E-state index in [1.807, 2.05) is 12.2 Å². The number of esters is 1. The molecule has 0 radical (unpaired) electrons. The van der Waals surface area contributed by atoms with Crippen molar-refractivity contribution in [2.45, 2.75) is 19.8 Å². The lowest BCUT2D eigenvalue weighted by Gasteiger charge is -2.12. The Labute approximate surface area is 170 Å². The molecule has 0 atom stereocenters. The monoisotopic (exact) mass is 416 g/mol. The van der Waals surface area contributed by atoms with Crippen LogP contribution in [0.3, 0.4) is 0 Å². The Morgan fingerprint density at radius 3 is 2.37 bits per heavy atom. The maximum absolute atomic E-state index is 13.6. The Morgan fingerprint density at radius 1 is 1.03 bits per heavy atom. The minimum atomic E-state index is -0.968. The van der Waals surface area contributed by atoms with Crippen LogP contribution in [0.2, 0.25) is 0 Å². The van der Waals surface area contributed by atoms with Crippen LogP contribution in [-0.4, -0.2) is 41.7 Å². The summed E-state index contributed by atoms with van der Waals surface area (Å²) in [4.78, 5) is 49.9.